The van der Waals surface area contributed by atoms with Crippen molar-refractivity contribution >= 4 is 16.9 Å². The average Bonchev–Trinajstić information content (AvgIpc) is 3.09. The Morgan fingerprint density at radius 1 is 0.968 bits per heavy atom. The Balaban J connectivity index is 1.38. The number of carbonyl (C=O) groups is 1. The lowest BCUT2D eigenvalue weighted by Gasteiger charge is -2.43. The topological polar surface area (TPSA) is 59.0 Å². The van der Waals surface area contributed by atoms with Crippen molar-refractivity contribution in [1.29, 1.82) is 0 Å². The van der Waals surface area contributed by atoms with Crippen molar-refractivity contribution < 1.29 is 19.4 Å². The van der Waals surface area contributed by atoms with Crippen LogP contribution in [0.5, 0.6) is 5.75 Å². The smallest absolute Gasteiger partial charge is 0.410 e. The number of ether oxygens (including phenoxy) is 2. The van der Waals surface area contributed by atoms with Crippen LogP contribution in [0, 0.1) is 0 Å². The number of carbonyl (C=O) groups excluding carboxylic acids is 1. The molecule has 31 heavy (non-hydrogen) atoms. The minimum Gasteiger partial charge on any atom is -0.496 e. The third kappa shape index (κ3) is 3.53. The zero-order valence-corrected chi connectivity index (χ0v) is 17.7. The molecular weight excluding hydrogens is 390 g/mol. The van der Waals surface area contributed by atoms with Gasteiger partial charge in [0.1, 0.15) is 12.4 Å². The van der Waals surface area contributed by atoms with Crippen molar-refractivity contribution in [2.24, 2.45) is 0 Å². The predicted octanol–water partition coefficient (Wildman–Crippen LogP) is 5.00. The largest absolute Gasteiger partial charge is 0.496 e. The quantitative estimate of drug-likeness (QED) is 0.649. The summed E-state index contributed by atoms with van der Waals surface area (Å²) in [5, 5.41) is 13.8. The molecule has 160 valence electrons. The third-order valence-corrected chi connectivity index (χ3v) is 6.79. The Hall–Kier alpha value is -3.05. The fourth-order valence-electron chi connectivity index (χ4n) is 5.39. The molecule has 5 nitrogen and oxygen atoms in total. The summed E-state index contributed by atoms with van der Waals surface area (Å²) in [7, 11) is 1.66. The van der Waals surface area contributed by atoms with E-state index in [0.717, 1.165) is 40.5 Å². The maximum absolute atomic E-state index is 12.9. The van der Waals surface area contributed by atoms with Gasteiger partial charge in [0.25, 0.3) is 0 Å². The number of methoxy groups -OCH3 is 1. The van der Waals surface area contributed by atoms with Crippen LogP contribution in [0.1, 0.15) is 36.8 Å². The molecule has 1 amide bonds. The van der Waals surface area contributed by atoms with Gasteiger partial charge in [-0.3, -0.25) is 0 Å². The van der Waals surface area contributed by atoms with Gasteiger partial charge < -0.3 is 19.5 Å². The van der Waals surface area contributed by atoms with Gasteiger partial charge in [-0.15, -0.1) is 0 Å². The molecule has 1 N–H and O–H groups in total. The Labute approximate surface area is 182 Å². The molecule has 3 aromatic rings. The van der Waals surface area contributed by atoms with Crippen LogP contribution < -0.4 is 4.74 Å². The fraction of sp³-hybridized carbons (Fsp3) is 0.346. The lowest BCUT2D eigenvalue weighted by Crippen LogP contribution is -2.52. The van der Waals surface area contributed by atoms with Crippen molar-refractivity contribution in [3.8, 4) is 5.75 Å². The van der Waals surface area contributed by atoms with Crippen LogP contribution in [0.25, 0.3) is 10.8 Å². The SMILES string of the molecule is COc1ccc(C2(O)CC3CCC(C2)N3C(=O)OCc2ccccc2)c2ccccc12. The van der Waals surface area contributed by atoms with E-state index in [1.165, 1.54) is 0 Å². The summed E-state index contributed by atoms with van der Waals surface area (Å²) in [5.74, 6) is 0.799. The maximum Gasteiger partial charge on any atom is 0.410 e. The Morgan fingerprint density at radius 2 is 1.61 bits per heavy atom. The summed E-state index contributed by atoms with van der Waals surface area (Å²) < 4.78 is 11.1. The molecule has 2 saturated heterocycles. The van der Waals surface area contributed by atoms with Crippen molar-refractivity contribution in [2.45, 2.75) is 50.0 Å². The number of amides is 1. The molecule has 5 heteroatoms. The molecule has 2 atom stereocenters. The highest BCUT2D eigenvalue weighted by molar-refractivity contribution is 5.91. The Bertz CT molecular complexity index is 1080. The number of aliphatic hydroxyl groups is 1. The van der Waals surface area contributed by atoms with Crippen molar-refractivity contribution in [1.82, 2.24) is 4.90 Å². The molecule has 0 aliphatic carbocycles. The van der Waals surface area contributed by atoms with Gasteiger partial charge in [-0.2, -0.15) is 0 Å². The number of piperidine rings is 1. The van der Waals surface area contributed by atoms with Gasteiger partial charge in [0.15, 0.2) is 0 Å². The second-order valence-electron chi connectivity index (χ2n) is 8.63. The van der Waals surface area contributed by atoms with Gasteiger partial charge in [0.2, 0.25) is 0 Å². The highest BCUT2D eigenvalue weighted by Crippen LogP contribution is 2.48. The van der Waals surface area contributed by atoms with E-state index < -0.39 is 5.60 Å². The number of fused-ring (bicyclic) bond motifs is 3. The first kappa shape index (κ1) is 19.9. The van der Waals surface area contributed by atoms with Crippen LogP contribution in [0.3, 0.4) is 0 Å². The third-order valence-electron chi connectivity index (χ3n) is 6.79. The summed E-state index contributed by atoms with van der Waals surface area (Å²) in [6.07, 6.45) is 2.53. The van der Waals surface area contributed by atoms with E-state index in [2.05, 4.69) is 0 Å². The second kappa shape index (κ2) is 7.89. The summed E-state index contributed by atoms with van der Waals surface area (Å²) >= 11 is 0. The number of nitrogens with zero attached hydrogens (tertiary/aromatic N) is 1. The summed E-state index contributed by atoms with van der Waals surface area (Å²) in [6.45, 7) is 0.267. The maximum atomic E-state index is 12.9. The van der Waals surface area contributed by atoms with E-state index in [-0.39, 0.29) is 24.8 Å². The molecular formula is C26H27NO4. The highest BCUT2D eigenvalue weighted by atomic mass is 16.6. The summed E-state index contributed by atoms with van der Waals surface area (Å²) in [6, 6.07) is 21.6. The van der Waals surface area contributed by atoms with E-state index in [0.29, 0.717) is 12.8 Å². The number of rotatable bonds is 4. The first-order valence-corrected chi connectivity index (χ1v) is 10.9. The van der Waals surface area contributed by atoms with Gasteiger partial charge in [-0.25, -0.2) is 4.79 Å². The van der Waals surface area contributed by atoms with Gasteiger partial charge in [-0.05, 0) is 35.4 Å². The first-order chi connectivity index (χ1) is 15.1. The van der Waals surface area contributed by atoms with Gasteiger partial charge in [-0.1, -0.05) is 60.7 Å². The van der Waals surface area contributed by atoms with E-state index in [1.54, 1.807) is 7.11 Å². The number of benzene rings is 3. The highest BCUT2D eigenvalue weighted by Gasteiger charge is 2.51. The van der Waals surface area contributed by atoms with E-state index in [4.69, 9.17) is 9.47 Å². The molecule has 0 spiro atoms. The molecule has 2 unspecified atom stereocenters. The molecule has 2 fully saturated rings. The fourth-order valence-corrected chi connectivity index (χ4v) is 5.39. The molecule has 2 heterocycles. The zero-order valence-electron chi connectivity index (χ0n) is 17.7. The lowest BCUT2D eigenvalue weighted by molar-refractivity contribution is -0.0527. The van der Waals surface area contributed by atoms with Gasteiger partial charge in [0.05, 0.1) is 12.7 Å². The minimum absolute atomic E-state index is 0.0205. The van der Waals surface area contributed by atoms with Crippen LogP contribution >= 0.6 is 0 Å². The van der Waals surface area contributed by atoms with Gasteiger partial charge in [0, 0.05) is 30.3 Å². The normalized spacial score (nSPS) is 24.9. The van der Waals surface area contributed by atoms with Crippen molar-refractivity contribution in [3.63, 3.8) is 0 Å². The first-order valence-electron chi connectivity index (χ1n) is 10.9. The van der Waals surface area contributed by atoms with Crippen LogP contribution in [-0.4, -0.2) is 35.3 Å². The van der Waals surface area contributed by atoms with Crippen LogP contribution in [0.2, 0.25) is 0 Å². The average molecular weight is 418 g/mol. The second-order valence-corrected chi connectivity index (χ2v) is 8.63. The minimum atomic E-state index is -0.978. The van der Waals surface area contributed by atoms with E-state index >= 15 is 0 Å². The molecule has 2 aliphatic heterocycles. The van der Waals surface area contributed by atoms with Gasteiger partial charge >= 0.3 is 6.09 Å². The number of hydrogen-bond acceptors (Lipinski definition) is 4. The molecule has 2 bridgehead atoms. The van der Waals surface area contributed by atoms with E-state index in [9.17, 15) is 9.90 Å². The van der Waals surface area contributed by atoms with Crippen LogP contribution in [-0.2, 0) is 16.9 Å². The number of hydrogen-bond donors (Lipinski definition) is 1. The molecule has 3 aromatic carbocycles. The monoisotopic (exact) mass is 417 g/mol. The zero-order chi connectivity index (χ0) is 21.4. The van der Waals surface area contributed by atoms with Crippen LogP contribution in [0.15, 0.2) is 66.7 Å². The van der Waals surface area contributed by atoms with Crippen LogP contribution in [0.4, 0.5) is 4.79 Å². The van der Waals surface area contributed by atoms with Crippen molar-refractivity contribution in [3.05, 3.63) is 77.9 Å². The predicted molar refractivity (Wildman–Crippen MR) is 119 cm³/mol. The Morgan fingerprint density at radius 3 is 2.29 bits per heavy atom. The Kier molecular flexibility index (Phi) is 5.06. The lowest BCUT2D eigenvalue weighted by atomic mass is 9.78. The van der Waals surface area contributed by atoms with Crippen molar-refractivity contribution in [2.75, 3.05) is 7.11 Å². The molecule has 0 radical (unpaired) electrons. The summed E-state index contributed by atoms with van der Waals surface area (Å²) in [5.41, 5.74) is 0.910. The molecule has 2 aliphatic rings. The molecule has 0 saturated carbocycles. The van der Waals surface area contributed by atoms with E-state index in [1.807, 2.05) is 71.6 Å². The summed E-state index contributed by atoms with van der Waals surface area (Å²) in [4.78, 5) is 14.7. The molecule has 5 rings (SSSR count). The molecule has 0 aromatic heterocycles. The standard InChI is InChI=1S/C26H27NO4/c1-30-24-14-13-23(21-9-5-6-10-22(21)24)26(29)15-19-11-12-20(16-26)27(19)25(28)31-17-18-7-3-2-4-8-18/h2-10,13-14,19-20,29H,11-12,15-17H2,1H3.